The van der Waals surface area contributed by atoms with Crippen LogP contribution < -0.4 is 10.5 Å². The van der Waals surface area contributed by atoms with E-state index in [9.17, 15) is 0 Å². The number of nitrogens with two attached hydrogens (primary N) is 1. The molecule has 2 aromatic heterocycles. The van der Waals surface area contributed by atoms with Gasteiger partial charge in [-0.15, -0.1) is 0 Å². The Hall–Kier alpha value is -1.75. The molecule has 0 aliphatic rings. The smallest absolute Gasteiger partial charge is 0.152 e. The average molecular weight is 210 g/mol. The first kappa shape index (κ1) is 6.68. The van der Waals surface area contributed by atoms with E-state index in [1.54, 1.807) is 16.8 Å². The predicted octanol–water partition coefficient (Wildman–Crippen LogP) is 1.07. The van der Waals surface area contributed by atoms with Crippen molar-refractivity contribution in [3.8, 4) is 5.75 Å². The van der Waals surface area contributed by atoms with E-state index in [0.717, 1.165) is 0 Å². The van der Waals surface area contributed by atoms with E-state index < -0.39 is 7.04 Å². The summed E-state index contributed by atoms with van der Waals surface area (Å²) in [5.74, 6) is 0.469. The largest absolute Gasteiger partial charge is 0.494 e. The van der Waals surface area contributed by atoms with Crippen LogP contribution in [-0.2, 0) is 11.3 Å². The van der Waals surface area contributed by atoms with Crippen LogP contribution in [0.2, 0.25) is 0 Å². The Labute approximate surface area is 91.6 Å². The van der Waals surface area contributed by atoms with Crippen molar-refractivity contribution in [3.63, 3.8) is 0 Å². The van der Waals surface area contributed by atoms with Gasteiger partial charge in [0.2, 0.25) is 0 Å². The maximum absolute atomic E-state index is 7.01. The number of aromatic nitrogens is 2. The van der Waals surface area contributed by atoms with Gasteiger partial charge >= 0.3 is 0 Å². The van der Waals surface area contributed by atoms with Crippen LogP contribution in [-0.4, -0.2) is 23.8 Å². The minimum absolute atomic E-state index is 0.0825. The molecular formula is C10H13N3O2. The zero-order valence-electron chi connectivity index (χ0n) is 11.2. The van der Waals surface area contributed by atoms with Gasteiger partial charge in [-0.3, -0.25) is 0 Å². The number of methoxy groups -OCH3 is 2. The Morgan fingerprint density at radius 3 is 3.27 bits per heavy atom. The molecule has 5 heteroatoms. The fraction of sp³-hybridized carbons (Fsp3) is 0.300. The number of nitrogens with zero attached hydrogens (tertiary/aromatic N) is 2. The highest BCUT2D eigenvalue weighted by Gasteiger charge is 2.11. The van der Waals surface area contributed by atoms with Crippen molar-refractivity contribution in [2.75, 3.05) is 19.9 Å². The maximum atomic E-state index is 7.01. The highest BCUT2D eigenvalue weighted by atomic mass is 16.5. The third-order valence-electron chi connectivity index (χ3n) is 2.18. The minimum Gasteiger partial charge on any atom is -0.494 e. The van der Waals surface area contributed by atoms with E-state index in [0.29, 0.717) is 22.5 Å². The summed E-state index contributed by atoms with van der Waals surface area (Å²) in [4.78, 5) is 0. The van der Waals surface area contributed by atoms with Crippen LogP contribution in [0.25, 0.3) is 5.52 Å². The summed E-state index contributed by atoms with van der Waals surface area (Å²) in [7, 11) is -0.955. The summed E-state index contributed by atoms with van der Waals surface area (Å²) in [6, 6.07) is 1.68. The molecule has 0 aliphatic carbocycles. The molecular weight excluding hydrogens is 194 g/mol. The van der Waals surface area contributed by atoms with Gasteiger partial charge in [-0.1, -0.05) is 0 Å². The van der Waals surface area contributed by atoms with Crippen LogP contribution in [0.3, 0.4) is 0 Å². The number of fused-ring (bicyclic) bond motifs is 1. The maximum Gasteiger partial charge on any atom is 0.152 e. The number of rotatable bonds is 3. The van der Waals surface area contributed by atoms with Gasteiger partial charge in [0.1, 0.15) is 5.52 Å². The first-order valence-electron chi connectivity index (χ1n) is 5.85. The quantitative estimate of drug-likeness (QED) is 0.823. The third-order valence-corrected chi connectivity index (χ3v) is 2.18. The van der Waals surface area contributed by atoms with Gasteiger partial charge < -0.3 is 15.2 Å². The van der Waals surface area contributed by atoms with Crippen LogP contribution in [0.4, 0.5) is 5.69 Å². The number of ether oxygens (including phenoxy) is 2. The second-order valence-electron chi connectivity index (χ2n) is 3.06. The summed E-state index contributed by atoms with van der Waals surface area (Å²) >= 11 is 0. The van der Waals surface area contributed by atoms with Crippen molar-refractivity contribution < 1.29 is 13.6 Å². The first-order chi connectivity index (χ1) is 8.42. The van der Waals surface area contributed by atoms with Gasteiger partial charge in [-0.05, 0) is 6.07 Å². The molecule has 0 bridgehead atoms. The topological polar surface area (TPSA) is 61.8 Å². The summed E-state index contributed by atoms with van der Waals surface area (Å²) in [6.45, 7) is -0.0825. The lowest BCUT2D eigenvalue weighted by Crippen LogP contribution is -1.99. The lowest BCUT2D eigenvalue weighted by Gasteiger charge is -2.09. The normalized spacial score (nSPS) is 14.6. The van der Waals surface area contributed by atoms with Gasteiger partial charge in [-0.2, -0.15) is 5.10 Å². The molecule has 0 amide bonds. The van der Waals surface area contributed by atoms with Crippen molar-refractivity contribution >= 4 is 11.2 Å². The second-order valence-corrected chi connectivity index (χ2v) is 3.06. The molecule has 15 heavy (non-hydrogen) atoms. The monoisotopic (exact) mass is 210 g/mol. The van der Waals surface area contributed by atoms with Crippen LogP contribution in [0, 0.1) is 0 Å². The van der Waals surface area contributed by atoms with E-state index in [-0.39, 0.29) is 6.61 Å². The number of pyridine rings is 1. The van der Waals surface area contributed by atoms with Crippen LogP contribution >= 0.6 is 0 Å². The first-order valence-corrected chi connectivity index (χ1v) is 4.35. The molecule has 2 heterocycles. The van der Waals surface area contributed by atoms with Crippen molar-refractivity contribution in [1.82, 2.24) is 9.61 Å². The molecule has 0 saturated heterocycles. The fourth-order valence-electron chi connectivity index (χ4n) is 1.53. The Kier molecular flexibility index (Phi) is 1.68. The third kappa shape index (κ3) is 1.50. The minimum atomic E-state index is -2.44. The molecule has 0 aromatic carbocycles. The fourth-order valence-corrected chi connectivity index (χ4v) is 1.53. The molecule has 80 valence electrons. The molecule has 0 fully saturated rings. The summed E-state index contributed by atoms with van der Waals surface area (Å²) < 4.78 is 32.6. The standard InChI is InChI=1S/C10H13N3O2/c1-14-6-7-3-4-13-9(10(7)15-2)8(11)5-12-13/h3-5H,6,11H2,1-2H3/i1D3. The van der Waals surface area contributed by atoms with Crippen LogP contribution in [0.1, 0.15) is 9.68 Å². The van der Waals surface area contributed by atoms with Gasteiger partial charge in [0.25, 0.3) is 0 Å². The molecule has 0 atom stereocenters. The summed E-state index contributed by atoms with van der Waals surface area (Å²) in [6.07, 6.45) is 3.18. The van der Waals surface area contributed by atoms with E-state index in [2.05, 4.69) is 5.10 Å². The molecule has 0 spiro atoms. The van der Waals surface area contributed by atoms with Crippen molar-refractivity contribution in [3.05, 3.63) is 24.0 Å². The zero-order chi connectivity index (χ0) is 13.3. The Balaban J connectivity index is 2.41. The zero-order valence-corrected chi connectivity index (χ0v) is 8.23. The van der Waals surface area contributed by atoms with Crippen molar-refractivity contribution in [1.29, 1.82) is 0 Å². The van der Waals surface area contributed by atoms with Gasteiger partial charge in [0, 0.05) is 18.8 Å². The SMILES string of the molecule is [2H]C([2H])([2H])OCc1ccn2ncc(N)c2c1OC. The van der Waals surface area contributed by atoms with Gasteiger partial charge in [0.05, 0.1) is 29.7 Å². The Morgan fingerprint density at radius 2 is 2.53 bits per heavy atom. The van der Waals surface area contributed by atoms with Crippen LogP contribution in [0.15, 0.2) is 18.5 Å². The average Bonchev–Trinajstić information content (AvgIpc) is 2.67. The number of hydrogen-bond acceptors (Lipinski definition) is 4. The van der Waals surface area contributed by atoms with Crippen LogP contribution in [0.5, 0.6) is 5.75 Å². The molecule has 0 unspecified atom stereocenters. The highest BCUT2D eigenvalue weighted by Crippen LogP contribution is 2.29. The Bertz CT molecular complexity index is 565. The van der Waals surface area contributed by atoms with Gasteiger partial charge in [-0.25, -0.2) is 4.52 Å². The highest BCUT2D eigenvalue weighted by molar-refractivity contribution is 5.77. The molecule has 5 nitrogen and oxygen atoms in total. The lowest BCUT2D eigenvalue weighted by molar-refractivity contribution is 0.181. The molecule has 0 saturated carbocycles. The number of hydrogen-bond donors (Lipinski definition) is 1. The number of nitrogen functional groups attached to an aromatic ring is 1. The van der Waals surface area contributed by atoms with E-state index in [4.69, 9.17) is 19.3 Å². The second kappa shape index (κ2) is 3.78. The Morgan fingerprint density at radius 1 is 1.67 bits per heavy atom. The van der Waals surface area contributed by atoms with Crippen molar-refractivity contribution in [2.45, 2.75) is 6.61 Å². The van der Waals surface area contributed by atoms with Gasteiger partial charge in [0.15, 0.2) is 5.75 Å². The molecule has 0 aliphatic heterocycles. The van der Waals surface area contributed by atoms with E-state index >= 15 is 0 Å². The lowest BCUT2D eigenvalue weighted by atomic mass is 10.2. The van der Waals surface area contributed by atoms with E-state index in [1.165, 1.54) is 13.3 Å². The molecule has 2 aromatic rings. The number of anilines is 1. The molecule has 2 rings (SSSR count). The van der Waals surface area contributed by atoms with Crippen molar-refractivity contribution in [2.24, 2.45) is 0 Å². The summed E-state index contributed by atoms with van der Waals surface area (Å²) in [5, 5.41) is 4.04. The predicted molar refractivity (Wildman–Crippen MR) is 56.9 cm³/mol. The summed E-state index contributed by atoms with van der Waals surface area (Å²) in [5.41, 5.74) is 7.45. The molecule has 2 N–H and O–H groups in total. The molecule has 0 radical (unpaired) electrons. The van der Waals surface area contributed by atoms with E-state index in [1.807, 2.05) is 0 Å².